The van der Waals surface area contributed by atoms with Gasteiger partial charge in [-0.3, -0.25) is 18.3 Å². The van der Waals surface area contributed by atoms with Crippen LogP contribution in [-0.4, -0.2) is 44.5 Å². The van der Waals surface area contributed by atoms with Gasteiger partial charge in [-0.15, -0.1) is 0 Å². The Bertz CT molecular complexity index is 1050. The fourth-order valence-electron chi connectivity index (χ4n) is 7.36. The molecule has 2 N–H and O–H groups in total. The molecular weight excluding hydrogens is 518 g/mol. The summed E-state index contributed by atoms with van der Waals surface area (Å²) in [4.78, 5) is 21.1. The van der Waals surface area contributed by atoms with Crippen molar-refractivity contribution in [2.75, 3.05) is 18.2 Å². The third-order valence-electron chi connectivity index (χ3n) is 8.99. The molecule has 0 aliphatic heterocycles. The van der Waals surface area contributed by atoms with Crippen molar-refractivity contribution in [3.8, 4) is 5.75 Å². The van der Waals surface area contributed by atoms with E-state index in [1.54, 1.807) is 12.1 Å². The SMILES string of the molecule is CC(=O)OP(=O)(O)Oc1ccc2c(c1)C[C@@H](CCCS(=O)CCCCF)[C@@H]1[C@@H]2CC[C@]2(C)[C@@H](O)CC[C@@H]12. The van der Waals surface area contributed by atoms with Gasteiger partial charge in [0.05, 0.1) is 12.8 Å². The Morgan fingerprint density at radius 1 is 1.22 bits per heavy atom. The first kappa shape index (κ1) is 28.7. The van der Waals surface area contributed by atoms with E-state index in [0.717, 1.165) is 57.4 Å². The van der Waals surface area contributed by atoms with Gasteiger partial charge in [0.2, 0.25) is 0 Å². The van der Waals surface area contributed by atoms with Crippen LogP contribution in [0.4, 0.5) is 4.39 Å². The number of halogens is 1. The Balaban J connectivity index is 1.55. The summed E-state index contributed by atoms with van der Waals surface area (Å²) < 4.78 is 46.6. The molecule has 4 rings (SSSR count). The highest BCUT2D eigenvalue weighted by atomic mass is 32.2. The van der Waals surface area contributed by atoms with Crippen molar-refractivity contribution in [2.45, 2.75) is 83.7 Å². The lowest BCUT2D eigenvalue weighted by Gasteiger charge is -2.53. The van der Waals surface area contributed by atoms with Gasteiger partial charge in [0, 0.05) is 29.2 Å². The first-order valence-electron chi connectivity index (χ1n) is 13.5. The molecule has 2 saturated carbocycles. The van der Waals surface area contributed by atoms with E-state index in [9.17, 15) is 28.0 Å². The first-order chi connectivity index (χ1) is 17.5. The number of carbonyl (C=O) groups is 1. The average Bonchev–Trinajstić information content (AvgIpc) is 3.12. The molecule has 0 bridgehead atoms. The van der Waals surface area contributed by atoms with Crippen LogP contribution in [0.1, 0.15) is 82.3 Å². The number of unbranched alkanes of at least 4 members (excludes halogenated alkanes) is 1. The number of phosphoric acid groups is 1. The molecule has 10 heteroatoms. The largest absolute Gasteiger partial charge is 0.587 e. The summed E-state index contributed by atoms with van der Waals surface area (Å²) in [7, 11) is -5.50. The number of carbonyl (C=O) groups excluding carboxylic acids is 1. The molecule has 0 spiro atoms. The predicted molar refractivity (Wildman–Crippen MR) is 140 cm³/mol. The van der Waals surface area contributed by atoms with Crippen LogP contribution in [0.2, 0.25) is 0 Å². The Kier molecular flexibility index (Phi) is 9.20. The second kappa shape index (κ2) is 11.8. The van der Waals surface area contributed by atoms with Gasteiger partial charge >= 0.3 is 13.8 Å². The summed E-state index contributed by atoms with van der Waals surface area (Å²) >= 11 is 0. The van der Waals surface area contributed by atoms with E-state index in [1.165, 1.54) is 5.56 Å². The lowest BCUT2D eigenvalue weighted by molar-refractivity contribution is -0.133. The van der Waals surface area contributed by atoms with E-state index in [0.29, 0.717) is 48.0 Å². The van der Waals surface area contributed by atoms with E-state index in [4.69, 9.17) is 4.52 Å². The second-order valence-corrected chi connectivity index (χ2v) is 14.3. The van der Waals surface area contributed by atoms with Gasteiger partial charge in [0.15, 0.2) is 0 Å². The molecule has 0 aromatic heterocycles. The number of hydrogen-bond acceptors (Lipinski definition) is 6. The molecule has 1 aromatic rings. The number of alkyl halides is 1. The van der Waals surface area contributed by atoms with Gasteiger partial charge in [-0.2, -0.15) is 0 Å². The highest BCUT2D eigenvalue weighted by molar-refractivity contribution is 7.84. The summed E-state index contributed by atoms with van der Waals surface area (Å²) in [6.07, 6.45) is 7.11. The van der Waals surface area contributed by atoms with Crippen LogP contribution < -0.4 is 4.52 Å². The highest BCUT2D eigenvalue weighted by Crippen LogP contribution is 2.63. The standard InChI is InChI=1S/C27H40FO7PS/c1-18(29)34-36(31,32)35-21-7-8-22-20(17-21)16-19(6-5-15-37(33)14-4-3-13-28)26-23(22)11-12-27(2)24(26)9-10-25(27)30/h7-8,17,19,23-26,30H,3-6,9-16H2,1-2H3,(H,31,32)/t19-,23-,24+,25+,26-,27+,37?/m1/s1. The summed E-state index contributed by atoms with van der Waals surface area (Å²) in [5.41, 5.74) is 2.22. The maximum atomic E-state index is 12.4. The molecule has 208 valence electrons. The third kappa shape index (κ3) is 6.48. The van der Waals surface area contributed by atoms with Gasteiger partial charge in [-0.1, -0.05) is 13.0 Å². The van der Waals surface area contributed by atoms with Crippen molar-refractivity contribution < 1.29 is 37.0 Å². The molecule has 2 fully saturated rings. The highest BCUT2D eigenvalue weighted by Gasteiger charge is 2.56. The minimum absolute atomic E-state index is 0.0806. The fourth-order valence-corrected chi connectivity index (χ4v) is 9.32. The van der Waals surface area contributed by atoms with E-state index in [2.05, 4.69) is 11.4 Å². The van der Waals surface area contributed by atoms with Crippen LogP contribution in [0.15, 0.2) is 18.2 Å². The van der Waals surface area contributed by atoms with Gasteiger partial charge < -0.3 is 14.2 Å². The van der Waals surface area contributed by atoms with Crippen molar-refractivity contribution in [3.05, 3.63) is 29.3 Å². The molecule has 3 aliphatic rings. The summed E-state index contributed by atoms with van der Waals surface area (Å²) in [5.74, 6) is 1.95. The van der Waals surface area contributed by atoms with Crippen molar-refractivity contribution in [1.82, 2.24) is 0 Å². The van der Waals surface area contributed by atoms with E-state index in [1.807, 2.05) is 6.07 Å². The van der Waals surface area contributed by atoms with Crippen LogP contribution in [0.25, 0.3) is 0 Å². The van der Waals surface area contributed by atoms with Crippen LogP contribution in [0, 0.1) is 23.2 Å². The van der Waals surface area contributed by atoms with E-state index < -0.39 is 24.6 Å². The number of aliphatic hydroxyl groups is 1. The zero-order chi connectivity index (χ0) is 26.8. The number of phosphoric ester groups is 1. The minimum atomic E-state index is -4.56. The molecule has 7 nitrogen and oxygen atoms in total. The normalized spacial score (nSPS) is 32.9. The summed E-state index contributed by atoms with van der Waals surface area (Å²) in [5, 5.41) is 10.8. The smallest absolute Gasteiger partial charge is 0.395 e. The lowest BCUT2D eigenvalue weighted by Crippen LogP contribution is -2.47. The Morgan fingerprint density at radius 2 is 1.97 bits per heavy atom. The Labute approximate surface area is 221 Å². The van der Waals surface area contributed by atoms with Gasteiger partial charge in [-0.25, -0.2) is 4.57 Å². The zero-order valence-electron chi connectivity index (χ0n) is 21.8. The van der Waals surface area contributed by atoms with Crippen molar-refractivity contribution in [2.24, 2.45) is 23.2 Å². The Morgan fingerprint density at radius 3 is 2.70 bits per heavy atom. The van der Waals surface area contributed by atoms with Gasteiger partial charge in [-0.05, 0) is 110 Å². The molecule has 0 radical (unpaired) electrons. The molecule has 0 saturated heterocycles. The van der Waals surface area contributed by atoms with Gasteiger partial charge in [0.25, 0.3) is 0 Å². The van der Waals surface area contributed by atoms with Crippen LogP contribution in [0.3, 0.4) is 0 Å². The predicted octanol–water partition coefficient (Wildman–Crippen LogP) is 5.45. The zero-order valence-corrected chi connectivity index (χ0v) is 23.5. The van der Waals surface area contributed by atoms with Crippen LogP contribution in [0.5, 0.6) is 5.75 Å². The average molecular weight is 559 g/mol. The quantitative estimate of drug-likeness (QED) is 0.275. The van der Waals surface area contributed by atoms with Gasteiger partial charge in [0.1, 0.15) is 5.75 Å². The van der Waals surface area contributed by atoms with E-state index >= 15 is 0 Å². The van der Waals surface area contributed by atoms with Crippen molar-refractivity contribution in [3.63, 3.8) is 0 Å². The molecule has 2 unspecified atom stereocenters. The molecule has 8 atom stereocenters. The van der Waals surface area contributed by atoms with Crippen molar-refractivity contribution >= 4 is 24.6 Å². The van der Waals surface area contributed by atoms with E-state index in [-0.39, 0.29) is 23.9 Å². The third-order valence-corrected chi connectivity index (χ3v) is 11.4. The summed E-state index contributed by atoms with van der Waals surface area (Å²) in [6.45, 7) is 2.92. The maximum Gasteiger partial charge on any atom is 0.587 e. The van der Waals surface area contributed by atoms with Crippen LogP contribution >= 0.6 is 7.82 Å². The molecular formula is C27H40FO7PS. The first-order valence-corrected chi connectivity index (χ1v) is 16.5. The number of benzene rings is 1. The van der Waals surface area contributed by atoms with Crippen molar-refractivity contribution in [1.29, 1.82) is 0 Å². The topological polar surface area (TPSA) is 110 Å². The molecule has 37 heavy (non-hydrogen) atoms. The monoisotopic (exact) mass is 558 g/mol. The van der Waals surface area contributed by atoms with Crippen LogP contribution in [-0.2, 0) is 31.1 Å². The number of fused-ring (bicyclic) bond motifs is 5. The Hall–Kier alpha value is -1.28. The second-order valence-electron chi connectivity index (χ2n) is 11.3. The minimum Gasteiger partial charge on any atom is -0.395 e. The number of rotatable bonds is 11. The molecule has 0 amide bonds. The maximum absolute atomic E-state index is 12.4. The number of aliphatic hydroxyl groups excluding tert-OH is 1. The fraction of sp³-hybridized carbons (Fsp3) is 0.741. The molecule has 0 heterocycles. The molecule has 1 aromatic carbocycles. The molecule has 3 aliphatic carbocycles. The summed E-state index contributed by atoms with van der Waals surface area (Å²) in [6, 6.07) is 5.43. The lowest BCUT2D eigenvalue weighted by atomic mass is 9.52. The number of hydrogen-bond donors (Lipinski definition) is 2.